The Bertz CT molecular complexity index is 1410. The van der Waals surface area contributed by atoms with E-state index in [1.165, 1.54) is 44.2 Å². The molecule has 196 valence electrons. The summed E-state index contributed by atoms with van der Waals surface area (Å²) in [5.41, 5.74) is 9.30. The van der Waals surface area contributed by atoms with Gasteiger partial charge in [-0.15, -0.1) is 0 Å². The zero-order valence-electron chi connectivity index (χ0n) is 22.0. The Kier molecular flexibility index (Phi) is 13.3. The molecule has 4 aromatic carbocycles. The van der Waals surface area contributed by atoms with Crippen LogP contribution in [-0.2, 0) is 0 Å². The van der Waals surface area contributed by atoms with Gasteiger partial charge in [-0.25, -0.2) is 0 Å². The quantitative estimate of drug-likeness (QED) is 0.221. The van der Waals surface area contributed by atoms with Crippen LogP contribution in [0.4, 0.5) is 0 Å². The predicted molar refractivity (Wildman–Crippen MR) is 177 cm³/mol. The van der Waals surface area contributed by atoms with Crippen molar-refractivity contribution in [1.82, 2.24) is 0 Å². The Morgan fingerprint density at radius 1 is 0.632 bits per heavy atom. The Morgan fingerprint density at radius 3 is 1.58 bits per heavy atom. The van der Waals surface area contributed by atoms with Crippen molar-refractivity contribution >= 4 is 28.5 Å². The molecule has 0 saturated heterocycles. The number of hydrogen-bond acceptors (Lipinski definition) is 0. The first-order chi connectivity index (χ1) is 17.7. The average molecular weight is 501 g/mol. The minimum Gasteiger partial charge on any atom is -0.0984 e. The van der Waals surface area contributed by atoms with Crippen molar-refractivity contribution in [2.45, 2.75) is 42.5 Å². The molecule has 0 radical (unpaired) electrons. The summed E-state index contributed by atoms with van der Waals surface area (Å²) in [7, 11) is 0. The van der Waals surface area contributed by atoms with E-state index in [9.17, 15) is 0 Å². The molecule has 0 heterocycles. The van der Waals surface area contributed by atoms with E-state index in [2.05, 4.69) is 129 Å². The molecular formula is C38H44. The lowest BCUT2D eigenvalue weighted by Crippen LogP contribution is -1.97. The van der Waals surface area contributed by atoms with Crippen molar-refractivity contribution in [3.63, 3.8) is 0 Å². The summed E-state index contributed by atoms with van der Waals surface area (Å²) >= 11 is 0. The molecule has 0 bridgehead atoms. The summed E-state index contributed by atoms with van der Waals surface area (Å²) in [5.74, 6) is 0. The van der Waals surface area contributed by atoms with Gasteiger partial charge in [0.2, 0.25) is 0 Å². The van der Waals surface area contributed by atoms with E-state index in [0.717, 1.165) is 11.1 Å². The molecule has 0 fully saturated rings. The zero-order valence-corrected chi connectivity index (χ0v) is 22.0. The molecule has 0 heteroatoms. The summed E-state index contributed by atoms with van der Waals surface area (Å²) in [6, 6.07) is 27.9. The smallest absolute Gasteiger partial charge is 0.00264 e. The zero-order chi connectivity index (χ0) is 25.9. The number of rotatable bonds is 7. The van der Waals surface area contributed by atoms with Gasteiger partial charge in [0.05, 0.1) is 0 Å². The maximum atomic E-state index is 4.22. The fourth-order valence-electron chi connectivity index (χ4n) is 4.59. The second-order valence-electron chi connectivity index (χ2n) is 8.13. The van der Waals surface area contributed by atoms with Crippen LogP contribution in [-0.4, -0.2) is 0 Å². The molecule has 0 spiro atoms. The molecule has 0 nitrogen and oxygen atoms in total. The van der Waals surface area contributed by atoms with Gasteiger partial charge in [-0.3, -0.25) is 0 Å². The fourth-order valence-corrected chi connectivity index (χ4v) is 4.59. The topological polar surface area (TPSA) is 0 Å². The van der Waals surface area contributed by atoms with Crippen molar-refractivity contribution in [3.8, 4) is 22.3 Å². The summed E-state index contributed by atoms with van der Waals surface area (Å²) in [5, 5.41) is 2.42. The van der Waals surface area contributed by atoms with E-state index in [4.69, 9.17) is 0 Å². The molecule has 0 N–H and O–H groups in total. The lowest BCUT2D eigenvalue weighted by Gasteiger charge is -2.21. The molecule has 0 aliphatic carbocycles. The highest BCUT2D eigenvalue weighted by Crippen LogP contribution is 2.44. The minimum absolute atomic E-state index is 0. The maximum absolute atomic E-state index is 4.22. The lowest BCUT2D eigenvalue weighted by molar-refractivity contribution is 1.50. The standard InChI is InChI=1S/C34H30.C2H6.2CH4/c1-5-9-17-25(16-6-2)28-22-23-31-32(24-28)34(27-20-14-11-15-21-27)30(8-4)29(7-3)33(31)26-18-12-10-13-19-26;1-2;;/h5-24H,3-4H2,1-2H3;1-2H3;2*1H4/b9-5-,16-6-,25-17+;;;. The first kappa shape index (κ1) is 31.9. The molecule has 0 aromatic heterocycles. The van der Waals surface area contributed by atoms with Crippen LogP contribution >= 0.6 is 0 Å². The highest BCUT2D eigenvalue weighted by atomic mass is 14.2. The maximum Gasteiger partial charge on any atom is -0.00264 e. The van der Waals surface area contributed by atoms with Gasteiger partial charge in [0.15, 0.2) is 0 Å². The van der Waals surface area contributed by atoms with Crippen LogP contribution in [0.15, 0.2) is 122 Å². The van der Waals surface area contributed by atoms with Gasteiger partial charge in [-0.05, 0) is 75.2 Å². The SMILES string of the molecule is C.C.C=Cc1c(C=C)c(-c2ccccc2)c2cc(C(/C=C\C)=C/C=C\C)ccc2c1-c1ccccc1.CC. The van der Waals surface area contributed by atoms with E-state index < -0.39 is 0 Å². The lowest BCUT2D eigenvalue weighted by atomic mass is 9.82. The molecule has 0 atom stereocenters. The highest BCUT2D eigenvalue weighted by molar-refractivity contribution is 6.12. The first-order valence-electron chi connectivity index (χ1n) is 12.7. The Balaban J connectivity index is 0.00000176. The van der Waals surface area contributed by atoms with Gasteiger partial charge in [0, 0.05) is 0 Å². The van der Waals surface area contributed by atoms with Gasteiger partial charge < -0.3 is 0 Å². The van der Waals surface area contributed by atoms with E-state index in [0.29, 0.717) is 0 Å². The Hall–Kier alpha value is -4.16. The Morgan fingerprint density at radius 2 is 1.13 bits per heavy atom. The largest absolute Gasteiger partial charge is 0.0984 e. The van der Waals surface area contributed by atoms with Crippen LogP contribution < -0.4 is 0 Å². The highest BCUT2D eigenvalue weighted by Gasteiger charge is 2.19. The monoisotopic (exact) mass is 500 g/mol. The van der Waals surface area contributed by atoms with Gasteiger partial charge >= 0.3 is 0 Å². The van der Waals surface area contributed by atoms with Crippen molar-refractivity contribution in [2.75, 3.05) is 0 Å². The summed E-state index contributed by atoms with van der Waals surface area (Å²) in [6.45, 7) is 16.5. The number of fused-ring (bicyclic) bond motifs is 1. The van der Waals surface area contributed by atoms with Crippen molar-refractivity contribution in [2.24, 2.45) is 0 Å². The van der Waals surface area contributed by atoms with Crippen molar-refractivity contribution in [3.05, 3.63) is 139 Å². The summed E-state index contributed by atoms with van der Waals surface area (Å²) in [4.78, 5) is 0. The van der Waals surface area contributed by atoms with Gasteiger partial charge in [-0.2, -0.15) is 0 Å². The molecule has 0 unspecified atom stereocenters. The third-order valence-electron chi connectivity index (χ3n) is 6.07. The van der Waals surface area contributed by atoms with Gasteiger partial charge in [-0.1, -0.05) is 157 Å². The third-order valence-corrected chi connectivity index (χ3v) is 6.07. The van der Waals surface area contributed by atoms with Crippen LogP contribution in [0.5, 0.6) is 0 Å². The predicted octanol–water partition coefficient (Wildman–Crippen LogP) is 12.3. The number of hydrogen-bond donors (Lipinski definition) is 0. The van der Waals surface area contributed by atoms with E-state index in [1.807, 2.05) is 32.9 Å². The molecule has 4 rings (SSSR count). The van der Waals surface area contributed by atoms with Crippen LogP contribution in [0.25, 0.3) is 50.8 Å². The molecular weight excluding hydrogens is 456 g/mol. The van der Waals surface area contributed by atoms with Crippen LogP contribution in [0.3, 0.4) is 0 Å². The molecule has 38 heavy (non-hydrogen) atoms. The van der Waals surface area contributed by atoms with E-state index >= 15 is 0 Å². The van der Waals surface area contributed by atoms with Gasteiger partial charge in [0.25, 0.3) is 0 Å². The molecule has 0 aliphatic heterocycles. The third kappa shape index (κ3) is 6.58. The molecule has 0 amide bonds. The molecule has 0 saturated carbocycles. The fraction of sp³-hybridized carbons (Fsp3) is 0.158. The van der Waals surface area contributed by atoms with E-state index in [1.54, 1.807) is 0 Å². The van der Waals surface area contributed by atoms with Crippen LogP contribution in [0, 0.1) is 0 Å². The van der Waals surface area contributed by atoms with Crippen molar-refractivity contribution < 1.29 is 0 Å². The normalized spacial score (nSPS) is 10.9. The first-order valence-corrected chi connectivity index (χ1v) is 12.7. The van der Waals surface area contributed by atoms with Gasteiger partial charge in [0.1, 0.15) is 0 Å². The minimum atomic E-state index is 0. The van der Waals surface area contributed by atoms with Crippen molar-refractivity contribution in [1.29, 1.82) is 0 Å². The van der Waals surface area contributed by atoms with Crippen LogP contribution in [0.1, 0.15) is 59.2 Å². The second kappa shape index (κ2) is 15.8. The summed E-state index contributed by atoms with van der Waals surface area (Å²) < 4.78 is 0. The van der Waals surface area contributed by atoms with Crippen LogP contribution in [0.2, 0.25) is 0 Å². The Labute approximate surface area is 232 Å². The molecule has 0 aliphatic rings. The second-order valence-corrected chi connectivity index (χ2v) is 8.13. The number of benzene rings is 4. The molecule has 4 aromatic rings. The summed E-state index contributed by atoms with van der Waals surface area (Å²) in [6.07, 6.45) is 14.5. The average Bonchev–Trinajstić information content (AvgIpc) is 2.95. The van der Waals surface area contributed by atoms with E-state index in [-0.39, 0.29) is 14.9 Å². The number of allylic oxidation sites excluding steroid dienone is 6.